The Labute approximate surface area is 151 Å². The molecule has 1 unspecified atom stereocenters. The highest BCUT2D eigenvalue weighted by Crippen LogP contribution is 2.42. The van der Waals surface area contributed by atoms with Gasteiger partial charge in [0.1, 0.15) is 11.4 Å². The Morgan fingerprint density at radius 1 is 1.32 bits per heavy atom. The minimum absolute atomic E-state index is 0.0794. The van der Waals surface area contributed by atoms with E-state index < -0.39 is 0 Å². The van der Waals surface area contributed by atoms with E-state index in [4.69, 9.17) is 14.5 Å². The third-order valence-electron chi connectivity index (χ3n) is 5.72. The van der Waals surface area contributed by atoms with Gasteiger partial charge in [0.25, 0.3) is 6.02 Å². The Morgan fingerprint density at radius 3 is 2.88 bits per heavy atom. The maximum atomic E-state index is 6.46. The van der Waals surface area contributed by atoms with Crippen molar-refractivity contribution < 1.29 is 9.47 Å². The molecule has 0 radical (unpaired) electrons. The summed E-state index contributed by atoms with van der Waals surface area (Å²) in [5.41, 5.74) is 0.868. The lowest BCUT2D eigenvalue weighted by Crippen LogP contribution is -2.60. The van der Waals surface area contributed by atoms with Gasteiger partial charge in [-0.1, -0.05) is 11.3 Å². The SMILES string of the molecule is COc1ccc2nc(/N=C3/OC4(CN5CCC4CC5)CN3C)sc2c1. The molecule has 5 heterocycles. The van der Waals surface area contributed by atoms with Crippen molar-refractivity contribution in [3.8, 4) is 5.75 Å². The standard InChI is InChI=1S/C18H22N4O2S/c1-21-10-18(11-22-7-5-12(18)6-8-22)24-17(21)20-16-19-14-4-3-13(23-2)9-15(14)25-16/h3-4,9,12H,5-8,10-11H2,1-2H3/b20-17+. The molecular weight excluding hydrogens is 336 g/mol. The first-order valence-electron chi connectivity index (χ1n) is 8.81. The number of ether oxygens (including phenoxy) is 2. The summed E-state index contributed by atoms with van der Waals surface area (Å²) in [5.74, 6) is 1.49. The van der Waals surface area contributed by atoms with E-state index in [2.05, 4.69) is 21.8 Å². The van der Waals surface area contributed by atoms with Gasteiger partial charge >= 0.3 is 0 Å². The van der Waals surface area contributed by atoms with Crippen molar-refractivity contribution >= 4 is 32.7 Å². The number of fused-ring (bicyclic) bond motifs is 3. The quantitative estimate of drug-likeness (QED) is 0.826. The molecule has 2 aromatic rings. The molecule has 25 heavy (non-hydrogen) atoms. The molecule has 1 aromatic carbocycles. The van der Waals surface area contributed by atoms with Crippen LogP contribution in [-0.2, 0) is 4.74 Å². The third kappa shape index (κ3) is 2.48. The van der Waals surface area contributed by atoms with Crippen molar-refractivity contribution in [2.24, 2.45) is 10.9 Å². The number of aromatic nitrogens is 1. The number of thiazole rings is 1. The van der Waals surface area contributed by atoms with Crippen LogP contribution >= 0.6 is 11.3 Å². The number of benzene rings is 1. The number of aliphatic imine (C=N–C) groups is 1. The van der Waals surface area contributed by atoms with Crippen LogP contribution in [0.15, 0.2) is 23.2 Å². The van der Waals surface area contributed by atoms with Gasteiger partial charge in [0.05, 0.1) is 23.9 Å². The molecule has 4 saturated heterocycles. The maximum Gasteiger partial charge on any atom is 0.295 e. The van der Waals surface area contributed by atoms with Gasteiger partial charge in [-0.15, -0.1) is 0 Å². The van der Waals surface area contributed by atoms with Gasteiger partial charge in [-0.3, -0.25) is 4.90 Å². The third-order valence-corrected chi connectivity index (χ3v) is 6.64. The molecule has 4 fully saturated rings. The Kier molecular flexibility index (Phi) is 3.43. The summed E-state index contributed by atoms with van der Waals surface area (Å²) < 4.78 is 12.8. The second-order valence-corrected chi connectivity index (χ2v) is 8.31. The van der Waals surface area contributed by atoms with E-state index in [1.807, 2.05) is 18.2 Å². The Bertz CT molecular complexity index is 843. The molecule has 132 valence electrons. The van der Waals surface area contributed by atoms with E-state index in [0.717, 1.165) is 34.2 Å². The fraction of sp³-hybridized carbons (Fsp3) is 0.556. The normalized spacial score (nSPS) is 32.7. The van der Waals surface area contributed by atoms with Crippen molar-refractivity contribution in [2.45, 2.75) is 18.4 Å². The fourth-order valence-electron chi connectivity index (χ4n) is 4.44. The van der Waals surface area contributed by atoms with Crippen molar-refractivity contribution in [2.75, 3.05) is 40.3 Å². The lowest BCUT2D eigenvalue weighted by molar-refractivity contribution is -0.0818. The summed E-state index contributed by atoms with van der Waals surface area (Å²) in [5, 5.41) is 0.739. The van der Waals surface area contributed by atoms with Crippen LogP contribution in [-0.4, -0.2) is 66.7 Å². The summed E-state index contributed by atoms with van der Waals surface area (Å²) in [4.78, 5) is 14.0. The Hall–Kier alpha value is -1.86. The molecule has 4 aliphatic heterocycles. The van der Waals surface area contributed by atoms with Gasteiger partial charge in [0.2, 0.25) is 5.13 Å². The first-order chi connectivity index (χ1) is 12.1. The van der Waals surface area contributed by atoms with Crippen molar-refractivity contribution in [3.05, 3.63) is 18.2 Å². The first kappa shape index (κ1) is 15.4. The molecule has 1 aromatic heterocycles. The van der Waals surface area contributed by atoms with E-state index in [0.29, 0.717) is 11.9 Å². The zero-order valence-corrected chi connectivity index (χ0v) is 15.4. The van der Waals surface area contributed by atoms with Gasteiger partial charge in [-0.25, -0.2) is 4.98 Å². The monoisotopic (exact) mass is 358 g/mol. The molecule has 7 heteroatoms. The molecule has 0 aliphatic carbocycles. The summed E-state index contributed by atoms with van der Waals surface area (Å²) in [6.45, 7) is 4.38. The second kappa shape index (κ2) is 5.57. The summed E-state index contributed by atoms with van der Waals surface area (Å²) >= 11 is 1.57. The fourth-order valence-corrected chi connectivity index (χ4v) is 5.30. The van der Waals surface area contributed by atoms with Gasteiger partial charge in [-0.05, 0) is 44.1 Å². The number of piperidine rings is 3. The predicted octanol–water partition coefficient (Wildman–Crippen LogP) is 2.72. The van der Waals surface area contributed by atoms with Crippen LogP contribution in [0.4, 0.5) is 5.13 Å². The molecule has 6 rings (SSSR count). The zero-order valence-electron chi connectivity index (χ0n) is 14.6. The van der Waals surface area contributed by atoms with E-state index in [1.54, 1.807) is 18.4 Å². The smallest absolute Gasteiger partial charge is 0.295 e. The lowest BCUT2D eigenvalue weighted by atomic mass is 9.75. The number of rotatable bonds is 2. The minimum atomic E-state index is -0.0794. The lowest BCUT2D eigenvalue weighted by Gasteiger charge is -2.49. The molecule has 0 saturated carbocycles. The number of likely N-dealkylation sites (N-methyl/N-ethyl adjacent to an activating group) is 1. The van der Waals surface area contributed by atoms with E-state index in [9.17, 15) is 0 Å². The van der Waals surface area contributed by atoms with Crippen LogP contribution in [0.25, 0.3) is 10.2 Å². The van der Waals surface area contributed by atoms with Gasteiger partial charge in [0, 0.05) is 19.5 Å². The summed E-state index contributed by atoms with van der Waals surface area (Å²) in [7, 11) is 3.75. The van der Waals surface area contributed by atoms with Gasteiger partial charge in [-0.2, -0.15) is 4.99 Å². The van der Waals surface area contributed by atoms with Crippen molar-refractivity contribution in [1.82, 2.24) is 14.8 Å². The molecule has 1 atom stereocenters. The highest BCUT2D eigenvalue weighted by atomic mass is 32.1. The average Bonchev–Trinajstić information content (AvgIpc) is 3.15. The molecule has 0 amide bonds. The number of hydrogen-bond acceptors (Lipinski definition) is 6. The first-order valence-corrected chi connectivity index (χ1v) is 9.63. The Balaban J connectivity index is 1.45. The van der Waals surface area contributed by atoms with Crippen molar-refractivity contribution in [3.63, 3.8) is 0 Å². The minimum Gasteiger partial charge on any atom is -0.497 e. The largest absolute Gasteiger partial charge is 0.497 e. The predicted molar refractivity (Wildman–Crippen MR) is 98.9 cm³/mol. The van der Waals surface area contributed by atoms with Gasteiger partial charge < -0.3 is 14.4 Å². The zero-order chi connectivity index (χ0) is 17.0. The van der Waals surface area contributed by atoms with Gasteiger partial charge in [0.15, 0.2) is 0 Å². The molecule has 1 spiro atoms. The Morgan fingerprint density at radius 2 is 2.16 bits per heavy atom. The van der Waals surface area contributed by atoms with Crippen LogP contribution in [0.3, 0.4) is 0 Å². The summed E-state index contributed by atoms with van der Waals surface area (Å²) in [6, 6.07) is 6.62. The molecule has 2 bridgehead atoms. The number of nitrogens with zero attached hydrogens (tertiary/aromatic N) is 4. The van der Waals surface area contributed by atoms with Crippen LogP contribution in [0.5, 0.6) is 5.75 Å². The highest BCUT2D eigenvalue weighted by molar-refractivity contribution is 7.22. The van der Waals surface area contributed by atoms with Crippen LogP contribution in [0, 0.1) is 5.92 Å². The molecular formula is C18H22N4O2S. The number of methoxy groups -OCH3 is 1. The summed E-state index contributed by atoms with van der Waals surface area (Å²) in [6.07, 6.45) is 2.48. The van der Waals surface area contributed by atoms with E-state index in [-0.39, 0.29) is 5.60 Å². The molecule has 6 nitrogen and oxygen atoms in total. The topological polar surface area (TPSA) is 50.2 Å². The van der Waals surface area contributed by atoms with E-state index in [1.165, 1.54) is 25.9 Å². The maximum absolute atomic E-state index is 6.46. The number of amidine groups is 1. The molecule has 4 aliphatic rings. The van der Waals surface area contributed by atoms with E-state index >= 15 is 0 Å². The van der Waals surface area contributed by atoms with Crippen LogP contribution in [0.1, 0.15) is 12.8 Å². The number of hydrogen-bond donors (Lipinski definition) is 0. The van der Waals surface area contributed by atoms with Crippen LogP contribution in [0.2, 0.25) is 0 Å². The second-order valence-electron chi connectivity index (χ2n) is 7.30. The molecule has 0 N–H and O–H groups in total. The highest BCUT2D eigenvalue weighted by Gasteiger charge is 2.53. The van der Waals surface area contributed by atoms with Crippen LogP contribution < -0.4 is 4.74 Å². The average molecular weight is 358 g/mol. The van der Waals surface area contributed by atoms with Crippen molar-refractivity contribution in [1.29, 1.82) is 0 Å².